The average Bonchev–Trinajstić information content (AvgIpc) is 2.72. The molecule has 2 aliphatic carbocycles. The van der Waals surface area contributed by atoms with Gasteiger partial charge in [-0.05, 0) is 36.7 Å². The molecule has 2 bridgehead atoms. The van der Waals surface area contributed by atoms with Crippen molar-refractivity contribution in [2.24, 2.45) is 16.7 Å². The summed E-state index contributed by atoms with van der Waals surface area (Å²) in [6, 6.07) is 3.78. The summed E-state index contributed by atoms with van der Waals surface area (Å²) in [5.41, 5.74) is 0.938. The number of nitrogens with zero attached hydrogens (tertiary/aromatic N) is 3. The zero-order valence-electron chi connectivity index (χ0n) is 11.7. The van der Waals surface area contributed by atoms with Crippen molar-refractivity contribution in [1.29, 1.82) is 5.26 Å². The molecule has 4 nitrogen and oxygen atoms in total. The third kappa shape index (κ3) is 1.57. The van der Waals surface area contributed by atoms with Crippen LogP contribution in [0.25, 0.3) is 0 Å². The molecule has 2 aliphatic rings. The Bertz CT molecular complexity index is 549. The molecule has 1 heterocycles. The van der Waals surface area contributed by atoms with Gasteiger partial charge < -0.3 is 4.74 Å². The number of hydrogen-bond donors (Lipinski definition) is 0. The van der Waals surface area contributed by atoms with E-state index in [4.69, 9.17) is 10.00 Å². The lowest BCUT2D eigenvalue weighted by Crippen LogP contribution is -2.39. The number of rotatable bonds is 2. The third-order valence-electron chi connectivity index (χ3n) is 5.78. The molecule has 0 saturated heterocycles. The fraction of sp³-hybridized carbons (Fsp3) is 0.667. The van der Waals surface area contributed by atoms with Gasteiger partial charge in [0.15, 0.2) is 0 Å². The maximum atomic E-state index is 9.09. The van der Waals surface area contributed by atoms with Gasteiger partial charge in [0.1, 0.15) is 17.7 Å². The molecule has 1 aromatic rings. The van der Waals surface area contributed by atoms with Crippen LogP contribution in [0.15, 0.2) is 12.3 Å². The van der Waals surface area contributed by atoms with Crippen LogP contribution in [0.2, 0.25) is 0 Å². The van der Waals surface area contributed by atoms with Crippen molar-refractivity contribution < 1.29 is 4.74 Å². The molecule has 0 N–H and O–H groups in total. The smallest absolute Gasteiger partial charge is 0.251 e. The number of hydrogen-bond acceptors (Lipinski definition) is 4. The highest BCUT2D eigenvalue weighted by atomic mass is 16.5. The molecular weight excluding hydrogens is 238 g/mol. The van der Waals surface area contributed by atoms with Crippen molar-refractivity contribution in [2.75, 3.05) is 0 Å². The highest BCUT2D eigenvalue weighted by Crippen LogP contribution is 2.66. The van der Waals surface area contributed by atoms with Gasteiger partial charge in [0.2, 0.25) is 0 Å². The Morgan fingerprint density at radius 3 is 2.79 bits per heavy atom. The summed E-state index contributed by atoms with van der Waals surface area (Å²) in [6.07, 6.45) is 5.21. The number of fused-ring (bicyclic) bond motifs is 2. The maximum absolute atomic E-state index is 9.09. The van der Waals surface area contributed by atoms with Crippen molar-refractivity contribution >= 4 is 0 Å². The molecule has 0 radical (unpaired) electrons. The van der Waals surface area contributed by atoms with E-state index in [9.17, 15) is 0 Å². The molecule has 2 fully saturated rings. The molecule has 3 rings (SSSR count). The lowest BCUT2D eigenvalue weighted by Gasteiger charge is -2.38. The Morgan fingerprint density at radius 1 is 1.42 bits per heavy atom. The normalized spacial score (nSPS) is 35.1. The second-order valence-corrected chi connectivity index (χ2v) is 6.58. The molecule has 100 valence electrons. The van der Waals surface area contributed by atoms with E-state index in [-0.39, 0.29) is 11.5 Å². The topological polar surface area (TPSA) is 58.8 Å². The van der Waals surface area contributed by atoms with E-state index >= 15 is 0 Å². The summed E-state index contributed by atoms with van der Waals surface area (Å²) in [4.78, 5) is 0. The van der Waals surface area contributed by atoms with Crippen molar-refractivity contribution in [3.05, 3.63) is 17.8 Å². The molecule has 1 aromatic heterocycles. The molecule has 3 atom stereocenters. The molecule has 0 aliphatic heterocycles. The average molecular weight is 257 g/mol. The first-order valence-electron chi connectivity index (χ1n) is 6.87. The Kier molecular flexibility index (Phi) is 2.57. The van der Waals surface area contributed by atoms with E-state index in [2.05, 4.69) is 37.0 Å². The Hall–Kier alpha value is -1.63. The van der Waals surface area contributed by atoms with Gasteiger partial charge in [-0.1, -0.05) is 20.8 Å². The van der Waals surface area contributed by atoms with Crippen molar-refractivity contribution in [3.8, 4) is 11.9 Å². The van der Waals surface area contributed by atoms with Crippen LogP contribution in [0.3, 0.4) is 0 Å². The summed E-state index contributed by atoms with van der Waals surface area (Å²) >= 11 is 0. The SMILES string of the molecule is CC1(C)C2CCC1(C)C(Oc1nnccc1C#N)C2. The monoisotopic (exact) mass is 257 g/mol. The van der Waals surface area contributed by atoms with E-state index in [0.717, 1.165) is 6.42 Å². The highest BCUT2D eigenvalue weighted by molar-refractivity contribution is 5.36. The van der Waals surface area contributed by atoms with Crippen LogP contribution in [0.1, 0.15) is 45.6 Å². The van der Waals surface area contributed by atoms with E-state index in [1.165, 1.54) is 19.0 Å². The number of ether oxygens (including phenoxy) is 1. The molecule has 4 heteroatoms. The van der Waals surface area contributed by atoms with Crippen LogP contribution in [0.5, 0.6) is 5.88 Å². The van der Waals surface area contributed by atoms with Crippen LogP contribution in [0, 0.1) is 28.1 Å². The highest BCUT2D eigenvalue weighted by Gasteiger charge is 2.62. The summed E-state index contributed by atoms with van der Waals surface area (Å²) in [6.45, 7) is 7.00. The van der Waals surface area contributed by atoms with Crippen LogP contribution >= 0.6 is 0 Å². The first kappa shape index (κ1) is 12.4. The minimum absolute atomic E-state index is 0.144. The van der Waals surface area contributed by atoms with Crippen LogP contribution in [-0.4, -0.2) is 16.3 Å². The minimum atomic E-state index is 0.144. The molecular formula is C15H19N3O. The molecule has 2 saturated carbocycles. The van der Waals surface area contributed by atoms with Crippen molar-refractivity contribution in [2.45, 2.75) is 46.1 Å². The molecule has 3 unspecified atom stereocenters. The fourth-order valence-electron chi connectivity index (χ4n) is 3.93. The minimum Gasteiger partial charge on any atom is -0.472 e. The Balaban J connectivity index is 1.89. The quantitative estimate of drug-likeness (QED) is 0.817. The molecule has 0 aromatic carbocycles. The van der Waals surface area contributed by atoms with Gasteiger partial charge in [0.25, 0.3) is 5.88 Å². The molecule has 0 amide bonds. The van der Waals surface area contributed by atoms with E-state index in [0.29, 0.717) is 22.8 Å². The molecule has 19 heavy (non-hydrogen) atoms. The second kappa shape index (κ2) is 3.93. The fourth-order valence-corrected chi connectivity index (χ4v) is 3.93. The van der Waals surface area contributed by atoms with Gasteiger partial charge in [-0.25, -0.2) is 0 Å². The zero-order chi connectivity index (χ0) is 13.7. The van der Waals surface area contributed by atoms with Crippen LogP contribution in [-0.2, 0) is 0 Å². The second-order valence-electron chi connectivity index (χ2n) is 6.58. The maximum Gasteiger partial charge on any atom is 0.251 e. The van der Waals surface area contributed by atoms with Gasteiger partial charge >= 0.3 is 0 Å². The summed E-state index contributed by atoms with van der Waals surface area (Å²) < 4.78 is 6.07. The first-order chi connectivity index (χ1) is 8.99. The lowest BCUT2D eigenvalue weighted by molar-refractivity contribution is 0.0265. The van der Waals surface area contributed by atoms with Crippen molar-refractivity contribution in [3.63, 3.8) is 0 Å². The van der Waals surface area contributed by atoms with Gasteiger partial charge in [0, 0.05) is 5.41 Å². The standard InChI is InChI=1S/C15H19N3O/c1-14(2)11-4-6-15(14,3)12(8-11)19-13-10(9-16)5-7-17-18-13/h5,7,11-12H,4,6,8H2,1-3H3. The van der Waals surface area contributed by atoms with Crippen molar-refractivity contribution in [1.82, 2.24) is 10.2 Å². The summed E-state index contributed by atoms with van der Waals surface area (Å²) in [7, 11) is 0. The summed E-state index contributed by atoms with van der Waals surface area (Å²) in [5.74, 6) is 1.10. The van der Waals surface area contributed by atoms with Gasteiger partial charge in [0.05, 0.1) is 6.20 Å². The largest absolute Gasteiger partial charge is 0.472 e. The Morgan fingerprint density at radius 2 is 2.21 bits per heavy atom. The predicted molar refractivity (Wildman–Crippen MR) is 70.4 cm³/mol. The zero-order valence-corrected chi connectivity index (χ0v) is 11.7. The van der Waals surface area contributed by atoms with Gasteiger partial charge in [-0.3, -0.25) is 0 Å². The number of aromatic nitrogens is 2. The Labute approximate surface area is 113 Å². The van der Waals surface area contributed by atoms with Crippen LogP contribution in [0.4, 0.5) is 0 Å². The summed E-state index contributed by atoms with van der Waals surface area (Å²) in [5, 5.41) is 16.9. The van der Waals surface area contributed by atoms with E-state index in [1.54, 1.807) is 6.07 Å². The first-order valence-corrected chi connectivity index (χ1v) is 6.87. The predicted octanol–water partition coefficient (Wildman–Crippen LogP) is 2.94. The van der Waals surface area contributed by atoms with Crippen LogP contribution < -0.4 is 4.74 Å². The van der Waals surface area contributed by atoms with Gasteiger partial charge in [-0.15, -0.1) is 5.10 Å². The number of nitriles is 1. The lowest BCUT2D eigenvalue weighted by atomic mass is 9.70. The molecule has 0 spiro atoms. The van der Waals surface area contributed by atoms with E-state index in [1.807, 2.05) is 0 Å². The van der Waals surface area contributed by atoms with E-state index < -0.39 is 0 Å². The van der Waals surface area contributed by atoms with Gasteiger partial charge in [-0.2, -0.15) is 10.4 Å². The third-order valence-corrected chi connectivity index (χ3v) is 5.78.